The summed E-state index contributed by atoms with van der Waals surface area (Å²) in [4.78, 5) is 0. The predicted molar refractivity (Wildman–Crippen MR) is 114 cm³/mol. The van der Waals surface area contributed by atoms with Crippen LogP contribution in [0.15, 0.2) is 85.1 Å². The van der Waals surface area contributed by atoms with Gasteiger partial charge in [-0.25, -0.2) is 0 Å². The van der Waals surface area contributed by atoms with Crippen molar-refractivity contribution in [3.8, 4) is 0 Å². The van der Waals surface area contributed by atoms with Crippen molar-refractivity contribution in [2.45, 2.75) is 26.1 Å². The molecule has 4 rings (SSSR count). The number of hydrogen-bond acceptors (Lipinski definition) is 1. The molecule has 1 aromatic heterocycles. The first kappa shape index (κ1) is 17.8. The zero-order chi connectivity index (χ0) is 18.6. The summed E-state index contributed by atoms with van der Waals surface area (Å²) in [5, 5.41) is 5.74. The predicted octanol–water partition coefficient (Wildman–Crippen LogP) is 6.19. The average Bonchev–Trinajstić information content (AvgIpc) is 3.06. The second kappa shape index (κ2) is 7.99. The summed E-state index contributed by atoms with van der Waals surface area (Å²) < 4.78 is 2.32. The number of para-hydroxylation sites is 1. The topological polar surface area (TPSA) is 17.0 Å². The third kappa shape index (κ3) is 4.08. The number of nitrogens with one attached hydrogen (secondary N) is 1. The van der Waals surface area contributed by atoms with E-state index in [1.165, 1.54) is 27.6 Å². The van der Waals surface area contributed by atoms with Gasteiger partial charge in [0.25, 0.3) is 0 Å². The van der Waals surface area contributed by atoms with Gasteiger partial charge in [0.2, 0.25) is 0 Å². The van der Waals surface area contributed by atoms with Crippen LogP contribution in [-0.4, -0.2) is 4.57 Å². The molecular weight excluding hydrogens is 352 g/mol. The number of benzene rings is 3. The molecular formula is C24H23ClN2. The van der Waals surface area contributed by atoms with Crippen LogP contribution in [0.1, 0.15) is 29.7 Å². The van der Waals surface area contributed by atoms with Crippen molar-refractivity contribution in [3.05, 3.63) is 107 Å². The molecule has 0 aliphatic carbocycles. The fourth-order valence-corrected chi connectivity index (χ4v) is 3.63. The van der Waals surface area contributed by atoms with Crippen molar-refractivity contribution >= 4 is 22.5 Å². The number of halogens is 1. The maximum Gasteiger partial charge on any atom is 0.0486 e. The minimum absolute atomic E-state index is 0.310. The maximum absolute atomic E-state index is 6.02. The lowest BCUT2D eigenvalue weighted by molar-refractivity contribution is 0.575. The van der Waals surface area contributed by atoms with Crippen LogP contribution in [0.4, 0.5) is 0 Å². The summed E-state index contributed by atoms with van der Waals surface area (Å²) in [6.07, 6.45) is 2.27. The van der Waals surface area contributed by atoms with Crippen LogP contribution in [0, 0.1) is 0 Å². The molecule has 0 saturated carbocycles. The zero-order valence-electron chi connectivity index (χ0n) is 15.4. The van der Waals surface area contributed by atoms with Crippen molar-refractivity contribution in [2.24, 2.45) is 0 Å². The normalized spacial score (nSPS) is 12.4. The standard InChI is InChI=1S/C24H23ClN2/c1-18(20-7-3-2-4-8-20)26-15-21-17-27(24-10-6-5-9-23(21)24)16-19-11-13-22(25)14-12-19/h2-14,17-18,26H,15-16H2,1H3/t18-/m0/s1. The first-order valence-corrected chi connectivity index (χ1v) is 9.68. The van der Waals surface area contributed by atoms with Crippen molar-refractivity contribution in [1.29, 1.82) is 0 Å². The Morgan fingerprint density at radius 1 is 0.889 bits per heavy atom. The number of aromatic nitrogens is 1. The molecule has 3 aromatic carbocycles. The summed E-state index contributed by atoms with van der Waals surface area (Å²) in [7, 11) is 0. The molecule has 1 N–H and O–H groups in total. The van der Waals surface area contributed by atoms with E-state index in [2.05, 4.69) is 89.7 Å². The van der Waals surface area contributed by atoms with Gasteiger partial charge in [-0.05, 0) is 41.8 Å². The highest BCUT2D eigenvalue weighted by atomic mass is 35.5. The molecule has 2 nitrogen and oxygen atoms in total. The van der Waals surface area contributed by atoms with Gasteiger partial charge in [0.1, 0.15) is 0 Å². The highest BCUT2D eigenvalue weighted by molar-refractivity contribution is 6.30. The summed E-state index contributed by atoms with van der Waals surface area (Å²) in [5.74, 6) is 0. The molecule has 0 aliphatic rings. The van der Waals surface area contributed by atoms with E-state index in [0.29, 0.717) is 6.04 Å². The van der Waals surface area contributed by atoms with E-state index in [9.17, 15) is 0 Å². The lowest BCUT2D eigenvalue weighted by atomic mass is 10.1. The smallest absolute Gasteiger partial charge is 0.0486 e. The van der Waals surface area contributed by atoms with E-state index in [4.69, 9.17) is 11.6 Å². The Morgan fingerprint density at radius 3 is 2.37 bits per heavy atom. The van der Waals surface area contributed by atoms with Crippen LogP contribution in [0.2, 0.25) is 5.02 Å². The third-order valence-corrected chi connectivity index (χ3v) is 5.29. The molecule has 0 bridgehead atoms. The van der Waals surface area contributed by atoms with Gasteiger partial charge in [-0.1, -0.05) is 72.3 Å². The van der Waals surface area contributed by atoms with Crippen molar-refractivity contribution in [2.75, 3.05) is 0 Å². The first-order chi connectivity index (χ1) is 13.2. The quantitative estimate of drug-likeness (QED) is 0.425. The van der Waals surface area contributed by atoms with Gasteiger partial charge < -0.3 is 9.88 Å². The number of hydrogen-bond donors (Lipinski definition) is 1. The van der Waals surface area contributed by atoms with Gasteiger partial charge in [0, 0.05) is 41.3 Å². The fourth-order valence-electron chi connectivity index (χ4n) is 3.50. The molecule has 0 unspecified atom stereocenters. The summed E-state index contributed by atoms with van der Waals surface area (Å²) in [6.45, 7) is 3.89. The SMILES string of the molecule is C[C@H](NCc1cn(Cc2ccc(Cl)cc2)c2ccccc12)c1ccccc1. The van der Waals surface area contributed by atoms with Crippen molar-refractivity contribution < 1.29 is 0 Å². The molecule has 136 valence electrons. The minimum Gasteiger partial charge on any atom is -0.343 e. The Kier molecular flexibility index (Phi) is 5.28. The fraction of sp³-hybridized carbons (Fsp3) is 0.167. The second-order valence-electron chi connectivity index (χ2n) is 6.94. The van der Waals surface area contributed by atoms with E-state index >= 15 is 0 Å². The van der Waals surface area contributed by atoms with Crippen LogP contribution in [0.25, 0.3) is 10.9 Å². The van der Waals surface area contributed by atoms with E-state index in [-0.39, 0.29) is 0 Å². The van der Waals surface area contributed by atoms with Crippen LogP contribution >= 0.6 is 11.6 Å². The lowest BCUT2D eigenvalue weighted by Crippen LogP contribution is -2.17. The Hall–Kier alpha value is -2.55. The lowest BCUT2D eigenvalue weighted by Gasteiger charge is -2.13. The molecule has 4 aromatic rings. The van der Waals surface area contributed by atoms with E-state index in [1.54, 1.807) is 0 Å². The summed E-state index contributed by atoms with van der Waals surface area (Å²) >= 11 is 6.02. The highest BCUT2D eigenvalue weighted by Gasteiger charge is 2.10. The first-order valence-electron chi connectivity index (χ1n) is 9.30. The van der Waals surface area contributed by atoms with Gasteiger partial charge in [0.15, 0.2) is 0 Å². The number of fused-ring (bicyclic) bond motifs is 1. The van der Waals surface area contributed by atoms with Crippen LogP contribution in [-0.2, 0) is 13.1 Å². The Balaban J connectivity index is 1.57. The maximum atomic E-state index is 6.02. The number of nitrogens with zero attached hydrogens (tertiary/aromatic N) is 1. The summed E-state index contributed by atoms with van der Waals surface area (Å²) in [6, 6.07) is 27.6. The molecule has 27 heavy (non-hydrogen) atoms. The Bertz CT molecular complexity index is 1020. The molecule has 1 heterocycles. The largest absolute Gasteiger partial charge is 0.343 e. The van der Waals surface area contributed by atoms with Crippen LogP contribution in [0.5, 0.6) is 0 Å². The third-order valence-electron chi connectivity index (χ3n) is 5.04. The van der Waals surface area contributed by atoms with Crippen LogP contribution < -0.4 is 5.32 Å². The molecule has 0 aliphatic heterocycles. The molecule has 0 saturated heterocycles. The zero-order valence-corrected chi connectivity index (χ0v) is 16.2. The van der Waals surface area contributed by atoms with Crippen LogP contribution in [0.3, 0.4) is 0 Å². The Labute approximate surface area is 165 Å². The molecule has 0 fully saturated rings. The van der Waals surface area contributed by atoms with Gasteiger partial charge in [-0.3, -0.25) is 0 Å². The van der Waals surface area contributed by atoms with Gasteiger partial charge >= 0.3 is 0 Å². The van der Waals surface area contributed by atoms with Gasteiger partial charge in [-0.2, -0.15) is 0 Å². The molecule has 1 atom stereocenters. The Morgan fingerprint density at radius 2 is 1.59 bits per heavy atom. The van der Waals surface area contributed by atoms with Gasteiger partial charge in [-0.15, -0.1) is 0 Å². The van der Waals surface area contributed by atoms with Crippen molar-refractivity contribution in [1.82, 2.24) is 9.88 Å². The van der Waals surface area contributed by atoms with E-state index in [1.807, 2.05) is 12.1 Å². The second-order valence-corrected chi connectivity index (χ2v) is 7.38. The summed E-state index contributed by atoms with van der Waals surface area (Å²) in [5.41, 5.74) is 5.14. The number of rotatable bonds is 6. The minimum atomic E-state index is 0.310. The van der Waals surface area contributed by atoms with Gasteiger partial charge in [0.05, 0.1) is 0 Å². The molecule has 0 amide bonds. The van der Waals surface area contributed by atoms with Crippen molar-refractivity contribution in [3.63, 3.8) is 0 Å². The van der Waals surface area contributed by atoms with E-state index in [0.717, 1.165) is 18.1 Å². The highest BCUT2D eigenvalue weighted by Crippen LogP contribution is 2.24. The van der Waals surface area contributed by atoms with E-state index < -0.39 is 0 Å². The molecule has 0 spiro atoms. The molecule has 0 radical (unpaired) electrons. The molecule has 3 heteroatoms. The average molecular weight is 375 g/mol. The monoisotopic (exact) mass is 374 g/mol.